The molecule has 0 saturated carbocycles. The van der Waals surface area contributed by atoms with E-state index >= 15 is 0 Å². The highest BCUT2D eigenvalue weighted by Gasteiger charge is 2.00. The van der Waals surface area contributed by atoms with Crippen molar-refractivity contribution in [3.05, 3.63) is 36.7 Å². The summed E-state index contributed by atoms with van der Waals surface area (Å²) in [7, 11) is 0. The molecule has 5 nitrogen and oxygen atoms in total. The summed E-state index contributed by atoms with van der Waals surface area (Å²) < 4.78 is 0. The number of nitrogens with zero attached hydrogens (tertiary/aromatic N) is 4. The van der Waals surface area contributed by atoms with Crippen molar-refractivity contribution in [2.75, 3.05) is 13.1 Å². The molecule has 0 aromatic rings. The van der Waals surface area contributed by atoms with Gasteiger partial charge in [-0.15, -0.1) is 0 Å². The van der Waals surface area contributed by atoms with Crippen LogP contribution in [0.15, 0.2) is 56.7 Å². The largest absolute Gasteiger partial charge is 0.293 e. The highest BCUT2D eigenvalue weighted by Crippen LogP contribution is 2.09. The van der Waals surface area contributed by atoms with Gasteiger partial charge in [0.05, 0.1) is 6.21 Å². The van der Waals surface area contributed by atoms with Crippen LogP contribution in [-0.4, -0.2) is 43.7 Å². The minimum absolute atomic E-state index is 0. The van der Waals surface area contributed by atoms with Gasteiger partial charge in [0.2, 0.25) is 0 Å². The summed E-state index contributed by atoms with van der Waals surface area (Å²) in [6, 6.07) is 0. The third-order valence-electron chi connectivity index (χ3n) is 3.69. The van der Waals surface area contributed by atoms with Gasteiger partial charge in [-0.3, -0.25) is 24.8 Å². The normalized spacial score (nSPS) is 13.2. The van der Waals surface area contributed by atoms with Crippen LogP contribution in [0, 0.1) is 0 Å². The Labute approximate surface area is 274 Å². The number of carbonyl (C=O) groups excluding carboxylic acids is 1. The van der Waals surface area contributed by atoms with Crippen LogP contribution in [0.4, 0.5) is 0 Å². The van der Waals surface area contributed by atoms with E-state index in [9.17, 15) is 4.79 Å². The van der Waals surface area contributed by atoms with E-state index in [-0.39, 0.29) is 13.2 Å². The molecule has 0 spiro atoms. The maximum Gasteiger partial charge on any atom is 0.173 e. The van der Waals surface area contributed by atoms with Crippen LogP contribution < -0.4 is 0 Å². The van der Waals surface area contributed by atoms with Gasteiger partial charge in [0.1, 0.15) is 0 Å². The van der Waals surface area contributed by atoms with Gasteiger partial charge in [-0.05, 0) is 50.5 Å². The van der Waals surface area contributed by atoms with E-state index in [2.05, 4.69) is 39.7 Å². The molecule has 5 heteroatoms. The number of Topliss-reactive ketones (excluding diaryl/α,β-unsaturated/α-hetero) is 1. The quantitative estimate of drug-likeness (QED) is 0.269. The third kappa shape index (κ3) is 73.5. The van der Waals surface area contributed by atoms with Crippen molar-refractivity contribution in [1.82, 2.24) is 0 Å². The van der Waals surface area contributed by atoms with Gasteiger partial charge in [0.15, 0.2) is 5.78 Å². The number of hydrogen-bond donors (Lipinski definition) is 0. The summed E-state index contributed by atoms with van der Waals surface area (Å²) >= 11 is 0. The first kappa shape index (κ1) is 63.7. The zero-order chi connectivity index (χ0) is 35.0. The summed E-state index contributed by atoms with van der Waals surface area (Å²) in [4.78, 5) is 26.0. The predicted octanol–water partition coefficient (Wildman–Crippen LogP) is 13.4. The molecule has 4 aliphatic heterocycles. The van der Waals surface area contributed by atoms with Gasteiger partial charge in [-0.25, -0.2) is 0 Å². The van der Waals surface area contributed by atoms with Crippen molar-refractivity contribution in [1.29, 1.82) is 0 Å². The molecule has 260 valence electrons. The standard InChI is InChI=1S/C6H9N.C5H7NO.2C5H7N.8C2H6.CH4/c1-6-4-2-3-5-7-6;7-5-2-1-3-6-4-5;1-5-2-3-6-4-5;1-5-3-2-4-6-5;8*1-2;/h5H,1-4H2;4H,1-3H2;2*4H,1-3H2;8*1-2H3;1H4. The number of hydrogen-bond acceptors (Lipinski definition) is 5. The smallest absolute Gasteiger partial charge is 0.173 e. The lowest BCUT2D eigenvalue weighted by Gasteiger charge is -2.01. The van der Waals surface area contributed by atoms with Gasteiger partial charge in [0, 0.05) is 49.5 Å². The second-order valence-electron chi connectivity index (χ2n) is 6.24. The zero-order valence-electron chi connectivity index (χ0n) is 31.7. The van der Waals surface area contributed by atoms with Crippen LogP contribution in [0.2, 0.25) is 0 Å². The first-order chi connectivity index (χ1) is 20.6. The van der Waals surface area contributed by atoms with Crippen LogP contribution >= 0.6 is 0 Å². The highest BCUT2D eigenvalue weighted by atomic mass is 16.1. The summed E-state index contributed by atoms with van der Waals surface area (Å²) in [5, 5.41) is 0. The monoisotopic (exact) mass is 611 g/mol. The van der Waals surface area contributed by atoms with Gasteiger partial charge in [0.25, 0.3) is 0 Å². The molecule has 0 amide bonds. The van der Waals surface area contributed by atoms with Crippen molar-refractivity contribution in [3.8, 4) is 0 Å². The van der Waals surface area contributed by atoms with E-state index in [1.54, 1.807) is 0 Å². The molecule has 0 atom stereocenters. The summed E-state index contributed by atoms with van der Waals surface area (Å²) in [5.41, 5.74) is 3.22. The van der Waals surface area contributed by atoms with E-state index in [1.165, 1.54) is 12.6 Å². The van der Waals surface area contributed by atoms with E-state index in [0.717, 1.165) is 68.6 Å². The zero-order valence-corrected chi connectivity index (χ0v) is 31.7. The molecule has 0 radical (unpaired) electrons. The van der Waals surface area contributed by atoms with Gasteiger partial charge in [-0.1, -0.05) is 138 Å². The Balaban J connectivity index is -0.0000000441. The molecular weight excluding hydrogens is 528 g/mol. The number of ketones is 1. The Kier molecular flexibility index (Phi) is 115. The minimum atomic E-state index is 0. The summed E-state index contributed by atoms with van der Waals surface area (Å²) in [5.74, 6) is 0.172. The van der Waals surface area contributed by atoms with E-state index in [1.807, 2.05) is 129 Å². The van der Waals surface area contributed by atoms with E-state index < -0.39 is 0 Å². The highest BCUT2D eigenvalue weighted by molar-refractivity contribution is 6.27. The van der Waals surface area contributed by atoms with Crippen LogP contribution in [0.5, 0.6) is 0 Å². The lowest BCUT2D eigenvalue weighted by atomic mass is 10.2. The molecule has 0 bridgehead atoms. The molecule has 0 aliphatic carbocycles. The Hall–Kier alpha value is -2.43. The van der Waals surface area contributed by atoms with Crippen LogP contribution in [0.25, 0.3) is 0 Å². The van der Waals surface area contributed by atoms with Crippen molar-refractivity contribution in [3.63, 3.8) is 0 Å². The molecule has 4 rings (SSSR count). The average Bonchev–Trinajstić information content (AvgIpc) is 3.80. The molecule has 43 heavy (non-hydrogen) atoms. The molecule has 0 saturated heterocycles. The fraction of sp³-hybridized carbons (Fsp3) is 0.711. The fourth-order valence-electron chi connectivity index (χ4n) is 2.19. The second kappa shape index (κ2) is 77.4. The molecule has 4 heterocycles. The Morgan fingerprint density at radius 2 is 0.930 bits per heavy atom. The lowest BCUT2D eigenvalue weighted by Crippen LogP contribution is -2.05. The second-order valence-corrected chi connectivity index (χ2v) is 6.24. The summed E-state index contributed by atoms with van der Waals surface area (Å²) in [6.07, 6.45) is 15.4. The van der Waals surface area contributed by atoms with Crippen LogP contribution in [-0.2, 0) is 4.79 Å². The topological polar surface area (TPSA) is 66.5 Å². The maximum atomic E-state index is 10.3. The lowest BCUT2D eigenvalue weighted by molar-refractivity contribution is -0.112. The van der Waals surface area contributed by atoms with Crippen molar-refractivity contribution < 1.29 is 4.79 Å². The maximum absolute atomic E-state index is 10.3. The molecular formula is C38H82N4O. The van der Waals surface area contributed by atoms with E-state index in [0.29, 0.717) is 6.42 Å². The first-order valence-electron chi connectivity index (χ1n) is 17.2. The van der Waals surface area contributed by atoms with Gasteiger partial charge in [-0.2, -0.15) is 0 Å². The average molecular weight is 611 g/mol. The number of rotatable bonds is 0. The number of carbonyl (C=O) groups is 1. The Morgan fingerprint density at radius 3 is 1.07 bits per heavy atom. The minimum Gasteiger partial charge on any atom is -0.293 e. The molecule has 0 unspecified atom stereocenters. The third-order valence-corrected chi connectivity index (χ3v) is 3.69. The predicted molar refractivity (Wildman–Crippen MR) is 211 cm³/mol. The van der Waals surface area contributed by atoms with Crippen molar-refractivity contribution >= 4 is 30.6 Å². The fourth-order valence-corrected chi connectivity index (χ4v) is 2.19. The van der Waals surface area contributed by atoms with E-state index in [4.69, 9.17) is 0 Å². The van der Waals surface area contributed by atoms with Gasteiger partial charge >= 0.3 is 0 Å². The van der Waals surface area contributed by atoms with Crippen LogP contribution in [0.3, 0.4) is 0 Å². The molecule has 0 fully saturated rings. The number of aliphatic imine (C=N–C) groups is 4. The molecule has 0 aromatic heterocycles. The molecule has 4 aliphatic rings. The summed E-state index contributed by atoms with van der Waals surface area (Å²) in [6.45, 7) is 44.9. The van der Waals surface area contributed by atoms with Gasteiger partial charge < -0.3 is 0 Å². The van der Waals surface area contributed by atoms with Crippen LogP contribution in [0.1, 0.15) is 170 Å². The Bertz CT molecular complexity index is 561. The van der Waals surface area contributed by atoms with Crippen molar-refractivity contribution in [2.45, 2.75) is 170 Å². The SMILES string of the molecule is C.C=C1C=NCC1.C=C1CCC=N1.C=C1CCCC=N1.CC.CC.CC.CC.CC.CC.CC.CC.O=C1C=NCCC1. The Morgan fingerprint density at radius 1 is 0.512 bits per heavy atom. The number of allylic oxidation sites excluding steroid dienone is 2. The van der Waals surface area contributed by atoms with Crippen molar-refractivity contribution in [2.24, 2.45) is 20.0 Å². The molecule has 0 aromatic carbocycles. The first-order valence-corrected chi connectivity index (χ1v) is 17.2. The molecule has 0 N–H and O–H groups in total.